The number of carbonyl (C=O) groups is 1. The number of halogens is 3. The lowest BCUT2D eigenvalue weighted by Crippen LogP contribution is -2.49. The van der Waals surface area contributed by atoms with Crippen molar-refractivity contribution in [3.05, 3.63) is 63.6 Å². The zero-order valence-corrected chi connectivity index (χ0v) is 18.0. The van der Waals surface area contributed by atoms with Gasteiger partial charge in [0.25, 0.3) is 0 Å². The average Bonchev–Trinajstić information content (AvgIpc) is 2.75. The van der Waals surface area contributed by atoms with Gasteiger partial charge in [0.15, 0.2) is 0 Å². The van der Waals surface area contributed by atoms with Crippen LogP contribution in [0.5, 0.6) is 0 Å². The molecule has 5 nitrogen and oxygen atoms in total. The molecule has 0 aliphatic carbocycles. The van der Waals surface area contributed by atoms with Crippen molar-refractivity contribution in [2.45, 2.75) is 19.8 Å². The smallest absolute Gasteiger partial charge is 0.227 e. The minimum atomic E-state index is -0.302. The van der Waals surface area contributed by atoms with Crippen molar-refractivity contribution in [2.75, 3.05) is 31.1 Å². The van der Waals surface area contributed by atoms with Gasteiger partial charge in [0.05, 0.1) is 17.0 Å². The maximum atomic E-state index is 13.1. The maximum Gasteiger partial charge on any atom is 0.227 e. The summed E-state index contributed by atoms with van der Waals surface area (Å²) in [6.45, 7) is 4.46. The van der Waals surface area contributed by atoms with Crippen LogP contribution < -0.4 is 4.90 Å². The minimum absolute atomic E-state index is 0.0362. The van der Waals surface area contributed by atoms with Crippen LogP contribution in [0.25, 0.3) is 10.9 Å². The van der Waals surface area contributed by atoms with Gasteiger partial charge in [0, 0.05) is 43.0 Å². The van der Waals surface area contributed by atoms with Crippen LogP contribution in [-0.4, -0.2) is 47.0 Å². The summed E-state index contributed by atoms with van der Waals surface area (Å²) in [7, 11) is 0. The van der Waals surface area contributed by atoms with E-state index in [4.69, 9.17) is 28.2 Å². The van der Waals surface area contributed by atoms with Crippen LogP contribution in [0.15, 0.2) is 36.4 Å². The SMILES string of the molecule is CCc1nc(N2CCN(C(=O)Cc3ccc(F)cc3)CC2)c2cc(Cl)cc(Cl)c2n1. The van der Waals surface area contributed by atoms with Gasteiger partial charge in [0.1, 0.15) is 17.5 Å². The quantitative estimate of drug-likeness (QED) is 0.590. The van der Waals surface area contributed by atoms with Gasteiger partial charge < -0.3 is 9.80 Å². The number of aromatic nitrogens is 2. The van der Waals surface area contributed by atoms with Gasteiger partial charge >= 0.3 is 0 Å². The van der Waals surface area contributed by atoms with E-state index >= 15 is 0 Å². The zero-order chi connectivity index (χ0) is 21.3. The monoisotopic (exact) mass is 446 g/mol. The minimum Gasteiger partial charge on any atom is -0.352 e. The van der Waals surface area contributed by atoms with E-state index in [2.05, 4.69) is 9.88 Å². The number of amides is 1. The second-order valence-electron chi connectivity index (χ2n) is 7.27. The summed E-state index contributed by atoms with van der Waals surface area (Å²) in [5.74, 6) is 1.25. The molecule has 1 saturated heterocycles. The molecule has 2 aromatic carbocycles. The normalized spacial score (nSPS) is 14.4. The van der Waals surface area contributed by atoms with Crippen molar-refractivity contribution in [1.82, 2.24) is 14.9 Å². The molecule has 1 fully saturated rings. The Morgan fingerprint density at radius 2 is 1.77 bits per heavy atom. The lowest BCUT2D eigenvalue weighted by atomic mass is 10.1. The molecule has 3 aromatic rings. The number of nitrogens with zero attached hydrogens (tertiary/aromatic N) is 4. The second kappa shape index (κ2) is 8.74. The number of anilines is 1. The molecule has 0 unspecified atom stereocenters. The van der Waals surface area contributed by atoms with E-state index in [1.54, 1.807) is 18.2 Å². The van der Waals surface area contributed by atoms with Crippen LogP contribution in [0.2, 0.25) is 10.0 Å². The van der Waals surface area contributed by atoms with Crippen LogP contribution in [0.1, 0.15) is 18.3 Å². The molecular formula is C22H21Cl2FN4O. The first-order valence-electron chi connectivity index (χ1n) is 9.87. The highest BCUT2D eigenvalue weighted by Crippen LogP contribution is 2.32. The van der Waals surface area contributed by atoms with Crippen molar-refractivity contribution < 1.29 is 9.18 Å². The summed E-state index contributed by atoms with van der Waals surface area (Å²) in [5, 5.41) is 1.86. The number of carbonyl (C=O) groups excluding carboxylic acids is 1. The van der Waals surface area contributed by atoms with Gasteiger partial charge in [-0.3, -0.25) is 4.79 Å². The van der Waals surface area contributed by atoms with Crippen molar-refractivity contribution in [3.8, 4) is 0 Å². The van der Waals surface area contributed by atoms with Crippen LogP contribution in [-0.2, 0) is 17.6 Å². The summed E-state index contributed by atoms with van der Waals surface area (Å²) in [5.41, 5.74) is 1.50. The Bertz CT molecular complexity index is 1080. The fraction of sp³-hybridized carbons (Fsp3) is 0.318. The van der Waals surface area contributed by atoms with Gasteiger partial charge in [-0.2, -0.15) is 0 Å². The molecule has 0 radical (unpaired) electrons. The molecule has 0 saturated carbocycles. The largest absolute Gasteiger partial charge is 0.352 e. The van der Waals surface area contributed by atoms with E-state index in [1.165, 1.54) is 12.1 Å². The summed E-state index contributed by atoms with van der Waals surface area (Å²) in [6.07, 6.45) is 0.958. The highest BCUT2D eigenvalue weighted by atomic mass is 35.5. The number of hydrogen-bond donors (Lipinski definition) is 0. The van der Waals surface area contributed by atoms with Gasteiger partial charge in [-0.1, -0.05) is 42.3 Å². The summed E-state index contributed by atoms with van der Waals surface area (Å²) >= 11 is 12.6. The fourth-order valence-electron chi connectivity index (χ4n) is 3.64. The van der Waals surface area contributed by atoms with Crippen LogP contribution in [0.4, 0.5) is 10.2 Å². The number of hydrogen-bond acceptors (Lipinski definition) is 4. The summed E-state index contributed by atoms with van der Waals surface area (Å²) in [6, 6.07) is 9.58. The fourth-order valence-corrected chi connectivity index (χ4v) is 4.18. The van der Waals surface area contributed by atoms with E-state index < -0.39 is 0 Å². The maximum absolute atomic E-state index is 13.1. The standard InChI is InChI=1S/C22H21Cl2FN4O/c1-2-19-26-21-17(12-15(23)13-18(21)24)22(27-19)29-9-7-28(8-10-29)20(30)11-14-3-5-16(25)6-4-14/h3-6,12-13H,2,7-11H2,1H3. The van der Waals surface area contributed by atoms with Crippen molar-refractivity contribution in [2.24, 2.45) is 0 Å². The van der Waals surface area contributed by atoms with Gasteiger partial charge in [-0.15, -0.1) is 0 Å². The van der Waals surface area contributed by atoms with E-state index in [0.717, 1.165) is 22.6 Å². The predicted octanol–water partition coefficient (Wildman–Crippen LogP) is 4.53. The molecule has 0 N–H and O–H groups in total. The Hall–Kier alpha value is -2.44. The molecule has 1 amide bonds. The lowest BCUT2D eigenvalue weighted by Gasteiger charge is -2.36. The Labute approximate surface area is 184 Å². The molecule has 2 heterocycles. The number of rotatable bonds is 4. The number of piperazine rings is 1. The molecular weight excluding hydrogens is 426 g/mol. The Morgan fingerprint density at radius 1 is 1.07 bits per heavy atom. The average molecular weight is 447 g/mol. The van der Waals surface area contributed by atoms with E-state index in [0.29, 0.717) is 48.2 Å². The third-order valence-electron chi connectivity index (χ3n) is 5.26. The Morgan fingerprint density at radius 3 is 2.43 bits per heavy atom. The molecule has 30 heavy (non-hydrogen) atoms. The third kappa shape index (κ3) is 4.35. The van der Waals surface area contributed by atoms with E-state index in [1.807, 2.05) is 17.9 Å². The third-order valence-corrected chi connectivity index (χ3v) is 5.77. The highest BCUT2D eigenvalue weighted by molar-refractivity contribution is 6.38. The van der Waals surface area contributed by atoms with Crippen molar-refractivity contribution >= 4 is 45.8 Å². The molecule has 0 spiro atoms. The number of aryl methyl sites for hydroxylation is 1. The first-order chi connectivity index (χ1) is 14.4. The topological polar surface area (TPSA) is 49.3 Å². The molecule has 1 aliphatic rings. The zero-order valence-electron chi connectivity index (χ0n) is 16.5. The molecule has 8 heteroatoms. The van der Waals surface area contributed by atoms with Crippen LogP contribution in [0, 0.1) is 5.82 Å². The second-order valence-corrected chi connectivity index (χ2v) is 8.12. The molecule has 0 atom stereocenters. The molecule has 4 rings (SSSR count). The summed E-state index contributed by atoms with van der Waals surface area (Å²) in [4.78, 5) is 25.9. The predicted molar refractivity (Wildman–Crippen MR) is 118 cm³/mol. The van der Waals surface area contributed by atoms with E-state index in [9.17, 15) is 9.18 Å². The van der Waals surface area contributed by atoms with Crippen molar-refractivity contribution in [3.63, 3.8) is 0 Å². The van der Waals surface area contributed by atoms with Gasteiger partial charge in [-0.05, 0) is 29.8 Å². The first-order valence-corrected chi connectivity index (χ1v) is 10.6. The first kappa shape index (κ1) is 20.8. The molecule has 156 valence electrons. The van der Waals surface area contributed by atoms with Crippen molar-refractivity contribution in [1.29, 1.82) is 0 Å². The van der Waals surface area contributed by atoms with Gasteiger partial charge in [0.2, 0.25) is 5.91 Å². The highest BCUT2D eigenvalue weighted by Gasteiger charge is 2.24. The molecule has 1 aromatic heterocycles. The molecule has 0 bridgehead atoms. The number of benzene rings is 2. The van der Waals surface area contributed by atoms with E-state index in [-0.39, 0.29) is 18.1 Å². The Balaban J connectivity index is 1.52. The molecule has 1 aliphatic heterocycles. The number of fused-ring (bicyclic) bond motifs is 1. The summed E-state index contributed by atoms with van der Waals surface area (Å²) < 4.78 is 13.1. The van der Waals surface area contributed by atoms with Gasteiger partial charge in [-0.25, -0.2) is 14.4 Å². The van der Waals surface area contributed by atoms with Crippen LogP contribution in [0.3, 0.4) is 0 Å². The Kier molecular flexibility index (Phi) is 6.06. The van der Waals surface area contributed by atoms with Crippen LogP contribution >= 0.6 is 23.2 Å². The lowest BCUT2D eigenvalue weighted by molar-refractivity contribution is -0.130.